The first-order valence-corrected chi connectivity index (χ1v) is 8.18. The van der Waals surface area contributed by atoms with E-state index in [1.807, 2.05) is 60.7 Å². The molecule has 2 aliphatic heterocycles. The van der Waals surface area contributed by atoms with Crippen molar-refractivity contribution >= 4 is 5.96 Å². The molecule has 4 nitrogen and oxygen atoms in total. The summed E-state index contributed by atoms with van der Waals surface area (Å²) in [6.45, 7) is 2.63. The van der Waals surface area contributed by atoms with Crippen LogP contribution in [0.2, 0.25) is 0 Å². The highest BCUT2D eigenvalue weighted by Crippen LogP contribution is 2.35. The maximum absolute atomic E-state index is 11.8. The van der Waals surface area contributed by atoms with E-state index in [0.717, 1.165) is 43.1 Å². The third-order valence-electron chi connectivity index (χ3n) is 4.79. The van der Waals surface area contributed by atoms with Gasteiger partial charge in [-0.3, -0.25) is 4.99 Å². The molecule has 0 bridgehead atoms. The molecule has 4 rings (SSSR count). The van der Waals surface area contributed by atoms with Crippen LogP contribution >= 0.6 is 0 Å². The Morgan fingerprint density at radius 3 is 2.17 bits per heavy atom. The van der Waals surface area contributed by atoms with Crippen molar-refractivity contribution in [1.82, 2.24) is 10.2 Å². The minimum Gasteiger partial charge on any atom is -0.378 e. The summed E-state index contributed by atoms with van der Waals surface area (Å²) in [7, 11) is 0. The highest BCUT2D eigenvalue weighted by molar-refractivity contribution is 5.83. The smallest absolute Gasteiger partial charge is 0.194 e. The molecule has 0 radical (unpaired) electrons. The Balaban J connectivity index is 1.78. The largest absolute Gasteiger partial charge is 0.378 e. The maximum Gasteiger partial charge on any atom is 0.194 e. The summed E-state index contributed by atoms with van der Waals surface area (Å²) in [5.41, 5.74) is 0.732. The average Bonchev–Trinajstić information content (AvgIpc) is 3.07. The van der Waals surface area contributed by atoms with Crippen LogP contribution in [0.5, 0.6) is 0 Å². The number of guanidine groups is 1. The number of benzene rings is 2. The fraction of sp³-hybridized carbons (Fsp3) is 0.316. The zero-order chi connectivity index (χ0) is 15.7. The van der Waals surface area contributed by atoms with Crippen LogP contribution in [0.15, 0.2) is 65.7 Å². The Bertz CT molecular complexity index is 660. The molecule has 1 atom stereocenters. The Morgan fingerprint density at radius 1 is 1.00 bits per heavy atom. The quantitative estimate of drug-likeness (QED) is 0.911. The van der Waals surface area contributed by atoms with Crippen LogP contribution in [0.1, 0.15) is 17.5 Å². The molecule has 0 unspecified atom stereocenters. The van der Waals surface area contributed by atoms with Gasteiger partial charge in [-0.1, -0.05) is 60.7 Å². The molecule has 2 N–H and O–H groups in total. The fourth-order valence-electron chi connectivity index (χ4n) is 3.58. The van der Waals surface area contributed by atoms with E-state index in [1.54, 1.807) is 0 Å². The predicted molar refractivity (Wildman–Crippen MR) is 91.3 cm³/mol. The van der Waals surface area contributed by atoms with E-state index in [9.17, 15) is 5.11 Å². The van der Waals surface area contributed by atoms with Gasteiger partial charge in [-0.2, -0.15) is 0 Å². The van der Waals surface area contributed by atoms with Gasteiger partial charge >= 0.3 is 0 Å². The van der Waals surface area contributed by atoms with Crippen LogP contribution in [0.3, 0.4) is 0 Å². The summed E-state index contributed by atoms with van der Waals surface area (Å²) in [6.07, 6.45) is 1.08. The van der Waals surface area contributed by atoms with Gasteiger partial charge in [0.25, 0.3) is 0 Å². The first-order chi connectivity index (χ1) is 11.3. The maximum atomic E-state index is 11.8. The molecule has 0 saturated carbocycles. The molecule has 1 saturated heterocycles. The lowest BCUT2D eigenvalue weighted by Gasteiger charge is -2.34. The van der Waals surface area contributed by atoms with Gasteiger partial charge in [0.05, 0.1) is 6.04 Å². The minimum atomic E-state index is -1.08. The molecular formula is C19H21N3O. The molecule has 2 heterocycles. The molecule has 0 aliphatic carbocycles. The second-order valence-electron chi connectivity index (χ2n) is 6.20. The third-order valence-corrected chi connectivity index (χ3v) is 4.79. The molecule has 1 fully saturated rings. The van der Waals surface area contributed by atoms with Gasteiger partial charge in [-0.15, -0.1) is 0 Å². The Morgan fingerprint density at radius 2 is 1.61 bits per heavy atom. The highest BCUT2D eigenvalue weighted by Gasteiger charge is 2.45. The monoisotopic (exact) mass is 307 g/mol. The molecule has 2 aromatic rings. The third kappa shape index (κ3) is 2.39. The lowest BCUT2D eigenvalue weighted by Crippen LogP contribution is -2.48. The van der Waals surface area contributed by atoms with E-state index in [1.165, 1.54) is 0 Å². The first-order valence-electron chi connectivity index (χ1n) is 8.18. The molecule has 0 amide bonds. The highest BCUT2D eigenvalue weighted by atomic mass is 16.3. The second-order valence-corrected chi connectivity index (χ2v) is 6.20. The van der Waals surface area contributed by atoms with Gasteiger partial charge in [0, 0.05) is 19.6 Å². The van der Waals surface area contributed by atoms with E-state index in [4.69, 9.17) is 0 Å². The predicted octanol–water partition coefficient (Wildman–Crippen LogP) is 1.96. The molecule has 23 heavy (non-hydrogen) atoms. The van der Waals surface area contributed by atoms with Gasteiger partial charge in [0.1, 0.15) is 5.60 Å². The lowest BCUT2D eigenvalue weighted by atomic mass is 9.80. The number of rotatable bonds is 3. The summed E-state index contributed by atoms with van der Waals surface area (Å²) < 4.78 is 0. The standard InChI is InChI=1S/C19H21N3O/c23-19(15-8-3-1-4-9-15,16-10-5-2-6-11-16)17-14-22-13-7-12-20-18(22)21-17/h1-6,8-11,17,23H,7,12-14H2,(H,20,21)/t17-/m0/s1. The van der Waals surface area contributed by atoms with Crippen LogP contribution in [0.25, 0.3) is 0 Å². The topological polar surface area (TPSA) is 47.9 Å². The average molecular weight is 307 g/mol. The van der Waals surface area contributed by atoms with Gasteiger partial charge in [-0.25, -0.2) is 0 Å². The van der Waals surface area contributed by atoms with Crippen molar-refractivity contribution in [2.75, 3.05) is 19.6 Å². The molecule has 0 spiro atoms. The fourth-order valence-corrected chi connectivity index (χ4v) is 3.58. The van der Waals surface area contributed by atoms with Crippen LogP contribution in [-0.4, -0.2) is 41.6 Å². The van der Waals surface area contributed by atoms with Gasteiger partial charge in [0.2, 0.25) is 0 Å². The molecule has 4 heteroatoms. The van der Waals surface area contributed by atoms with Crippen molar-refractivity contribution in [3.63, 3.8) is 0 Å². The van der Waals surface area contributed by atoms with E-state index in [2.05, 4.69) is 15.2 Å². The summed E-state index contributed by atoms with van der Waals surface area (Å²) in [6, 6.07) is 19.7. The number of nitrogens with zero attached hydrogens (tertiary/aromatic N) is 2. The zero-order valence-corrected chi connectivity index (χ0v) is 13.0. The van der Waals surface area contributed by atoms with Crippen molar-refractivity contribution in [2.45, 2.75) is 18.1 Å². The van der Waals surface area contributed by atoms with E-state index in [0.29, 0.717) is 0 Å². The summed E-state index contributed by atoms with van der Waals surface area (Å²) in [4.78, 5) is 6.80. The Kier molecular flexibility index (Phi) is 3.54. The van der Waals surface area contributed by atoms with E-state index in [-0.39, 0.29) is 6.04 Å². The van der Waals surface area contributed by atoms with Gasteiger partial charge in [-0.05, 0) is 17.5 Å². The lowest BCUT2D eigenvalue weighted by molar-refractivity contribution is 0.0461. The van der Waals surface area contributed by atoms with Crippen LogP contribution in [-0.2, 0) is 5.60 Å². The number of aliphatic imine (C=N–C) groups is 1. The van der Waals surface area contributed by atoms with Crippen molar-refractivity contribution in [3.8, 4) is 0 Å². The minimum absolute atomic E-state index is 0.121. The van der Waals surface area contributed by atoms with E-state index < -0.39 is 5.60 Å². The number of fused-ring (bicyclic) bond motifs is 1. The first kappa shape index (κ1) is 14.3. The van der Waals surface area contributed by atoms with E-state index >= 15 is 0 Å². The number of nitrogens with one attached hydrogen (secondary N) is 1. The van der Waals surface area contributed by atoms with Crippen molar-refractivity contribution in [3.05, 3.63) is 71.8 Å². The van der Waals surface area contributed by atoms with Crippen LogP contribution in [0, 0.1) is 0 Å². The molecule has 2 aliphatic rings. The zero-order valence-electron chi connectivity index (χ0n) is 13.0. The summed E-state index contributed by atoms with van der Waals surface area (Å²) in [5, 5.41) is 15.2. The molecule has 2 aromatic carbocycles. The molecular weight excluding hydrogens is 286 g/mol. The van der Waals surface area contributed by atoms with Crippen molar-refractivity contribution in [2.24, 2.45) is 4.99 Å². The number of aliphatic hydroxyl groups is 1. The van der Waals surface area contributed by atoms with Gasteiger partial charge < -0.3 is 15.3 Å². The SMILES string of the molecule is OC(c1ccccc1)(c1ccccc1)[C@@H]1CN2CCCN=C2N1. The van der Waals surface area contributed by atoms with Crippen molar-refractivity contribution in [1.29, 1.82) is 0 Å². The Labute approximate surface area is 136 Å². The van der Waals surface area contributed by atoms with Crippen LogP contribution in [0.4, 0.5) is 0 Å². The normalized spacial score (nSPS) is 20.7. The molecule has 0 aromatic heterocycles. The van der Waals surface area contributed by atoms with Gasteiger partial charge in [0.15, 0.2) is 5.96 Å². The second kappa shape index (κ2) is 5.70. The molecule has 118 valence electrons. The summed E-state index contributed by atoms with van der Waals surface area (Å²) in [5.74, 6) is 0.923. The Hall–Kier alpha value is -2.33. The van der Waals surface area contributed by atoms with Crippen molar-refractivity contribution < 1.29 is 5.11 Å². The number of hydrogen-bond acceptors (Lipinski definition) is 4. The summed E-state index contributed by atoms with van der Waals surface area (Å²) >= 11 is 0. The number of hydrogen-bond donors (Lipinski definition) is 2. The van der Waals surface area contributed by atoms with Crippen LogP contribution < -0.4 is 5.32 Å².